The Hall–Kier alpha value is -3.28. The number of pyridine rings is 1. The summed E-state index contributed by atoms with van der Waals surface area (Å²) in [4.78, 5) is 18.8. The highest BCUT2D eigenvalue weighted by atomic mass is 19.1. The number of amides is 1. The van der Waals surface area contributed by atoms with E-state index in [4.69, 9.17) is 4.74 Å². The summed E-state index contributed by atoms with van der Waals surface area (Å²) >= 11 is 0. The standard InChI is InChI=1S/C25H30FN5O2/c1-2-4-23(30-25(32)20(18-27)17-21-5-3-6-24(26)29-21)19-7-9-22(10-8-19)33-16-15-31-13-11-28-12-14-31/h3,5-10,17,23,28H,2,4,11-16H2,1H3,(H,30,32)/b20-17+. The molecule has 1 fully saturated rings. The van der Waals surface area contributed by atoms with Crippen LogP contribution in [0.15, 0.2) is 48.0 Å². The minimum atomic E-state index is -0.666. The summed E-state index contributed by atoms with van der Waals surface area (Å²) < 4.78 is 19.2. The van der Waals surface area contributed by atoms with E-state index >= 15 is 0 Å². The van der Waals surface area contributed by atoms with Gasteiger partial charge in [0, 0.05) is 32.7 Å². The Morgan fingerprint density at radius 2 is 2.06 bits per heavy atom. The lowest BCUT2D eigenvalue weighted by molar-refractivity contribution is -0.117. The number of nitriles is 1. The summed E-state index contributed by atoms with van der Waals surface area (Å²) in [6.45, 7) is 7.65. The molecule has 0 bridgehead atoms. The van der Waals surface area contributed by atoms with Gasteiger partial charge in [-0.3, -0.25) is 9.69 Å². The lowest BCUT2D eigenvalue weighted by atomic mass is 10.0. The van der Waals surface area contributed by atoms with Crippen molar-refractivity contribution >= 4 is 12.0 Å². The van der Waals surface area contributed by atoms with E-state index in [9.17, 15) is 14.4 Å². The van der Waals surface area contributed by atoms with Gasteiger partial charge < -0.3 is 15.4 Å². The maximum Gasteiger partial charge on any atom is 0.262 e. The van der Waals surface area contributed by atoms with Crippen LogP contribution in [-0.4, -0.2) is 55.1 Å². The molecule has 1 aliphatic rings. The number of piperazine rings is 1. The van der Waals surface area contributed by atoms with E-state index in [0.29, 0.717) is 13.0 Å². The zero-order valence-electron chi connectivity index (χ0n) is 18.9. The van der Waals surface area contributed by atoms with Gasteiger partial charge in [0.05, 0.1) is 11.7 Å². The van der Waals surface area contributed by atoms with Gasteiger partial charge in [-0.05, 0) is 42.3 Å². The van der Waals surface area contributed by atoms with Crippen LogP contribution < -0.4 is 15.4 Å². The van der Waals surface area contributed by atoms with E-state index < -0.39 is 11.9 Å². The van der Waals surface area contributed by atoms with E-state index in [0.717, 1.165) is 50.5 Å². The van der Waals surface area contributed by atoms with Crippen LogP contribution in [0.1, 0.15) is 37.1 Å². The fourth-order valence-corrected chi connectivity index (χ4v) is 3.67. The van der Waals surface area contributed by atoms with Crippen LogP contribution in [0.3, 0.4) is 0 Å². The molecule has 0 radical (unpaired) electrons. The minimum Gasteiger partial charge on any atom is -0.492 e. The first-order valence-corrected chi connectivity index (χ1v) is 11.3. The van der Waals surface area contributed by atoms with Gasteiger partial charge in [0.1, 0.15) is 24.0 Å². The third-order valence-electron chi connectivity index (χ3n) is 5.44. The number of ether oxygens (including phenoxy) is 1. The molecule has 1 atom stereocenters. The van der Waals surface area contributed by atoms with Crippen molar-refractivity contribution in [2.75, 3.05) is 39.3 Å². The molecule has 1 aromatic carbocycles. The molecular formula is C25H30FN5O2. The van der Waals surface area contributed by atoms with E-state index in [1.54, 1.807) is 0 Å². The van der Waals surface area contributed by atoms with Gasteiger partial charge in [-0.15, -0.1) is 0 Å². The van der Waals surface area contributed by atoms with Crippen LogP contribution in [0.5, 0.6) is 5.75 Å². The topological polar surface area (TPSA) is 90.3 Å². The Kier molecular flexibility index (Phi) is 9.36. The number of halogens is 1. The number of benzene rings is 1. The highest BCUT2D eigenvalue weighted by Gasteiger charge is 2.17. The van der Waals surface area contributed by atoms with Crippen molar-refractivity contribution in [3.63, 3.8) is 0 Å². The van der Waals surface area contributed by atoms with Crippen molar-refractivity contribution < 1.29 is 13.9 Å². The Labute approximate surface area is 194 Å². The number of carbonyl (C=O) groups is 1. The summed E-state index contributed by atoms with van der Waals surface area (Å²) in [5.41, 5.74) is 1.03. The van der Waals surface area contributed by atoms with Gasteiger partial charge in [0.2, 0.25) is 5.95 Å². The van der Waals surface area contributed by atoms with Crippen LogP contribution in [0.25, 0.3) is 6.08 Å². The number of aromatic nitrogens is 1. The summed E-state index contributed by atoms with van der Waals surface area (Å²) in [6.07, 6.45) is 2.85. The predicted octanol–water partition coefficient (Wildman–Crippen LogP) is 3.07. The van der Waals surface area contributed by atoms with Gasteiger partial charge in [0.15, 0.2) is 0 Å². The largest absolute Gasteiger partial charge is 0.492 e. The maximum atomic E-state index is 13.3. The maximum absolute atomic E-state index is 13.3. The van der Waals surface area contributed by atoms with E-state index in [2.05, 4.69) is 20.5 Å². The Morgan fingerprint density at radius 3 is 2.73 bits per heavy atom. The molecule has 1 amide bonds. The normalized spacial score (nSPS) is 15.5. The molecule has 2 aromatic rings. The highest BCUT2D eigenvalue weighted by molar-refractivity contribution is 6.01. The second-order valence-electron chi connectivity index (χ2n) is 7.88. The van der Waals surface area contributed by atoms with Crippen LogP contribution in [0, 0.1) is 17.3 Å². The van der Waals surface area contributed by atoms with Gasteiger partial charge in [-0.1, -0.05) is 31.5 Å². The van der Waals surface area contributed by atoms with Crippen LogP contribution in [0.2, 0.25) is 0 Å². The third kappa shape index (κ3) is 7.67. The third-order valence-corrected chi connectivity index (χ3v) is 5.44. The molecule has 7 nitrogen and oxygen atoms in total. The summed E-state index contributed by atoms with van der Waals surface area (Å²) in [7, 11) is 0. The molecule has 1 saturated heterocycles. The fraction of sp³-hybridized carbons (Fsp3) is 0.400. The van der Waals surface area contributed by atoms with Gasteiger partial charge in [-0.25, -0.2) is 4.98 Å². The SMILES string of the molecule is CCCC(NC(=O)/C(C#N)=C/c1cccc(F)n1)c1ccc(OCCN2CCNCC2)cc1. The van der Waals surface area contributed by atoms with Crippen molar-refractivity contribution in [2.24, 2.45) is 0 Å². The molecule has 1 unspecified atom stereocenters. The van der Waals surface area contributed by atoms with Crippen LogP contribution in [-0.2, 0) is 4.79 Å². The molecule has 174 valence electrons. The Bertz CT molecular complexity index is 981. The van der Waals surface area contributed by atoms with E-state index in [-0.39, 0.29) is 17.3 Å². The van der Waals surface area contributed by atoms with E-state index in [1.165, 1.54) is 24.3 Å². The second-order valence-corrected chi connectivity index (χ2v) is 7.88. The van der Waals surface area contributed by atoms with Crippen molar-refractivity contribution in [1.82, 2.24) is 20.5 Å². The van der Waals surface area contributed by atoms with Gasteiger partial charge in [-0.2, -0.15) is 9.65 Å². The Morgan fingerprint density at radius 1 is 1.30 bits per heavy atom. The van der Waals surface area contributed by atoms with Gasteiger partial charge in [0.25, 0.3) is 5.91 Å². The number of hydrogen-bond acceptors (Lipinski definition) is 6. The zero-order chi connectivity index (χ0) is 23.5. The highest BCUT2D eigenvalue weighted by Crippen LogP contribution is 2.22. The Balaban J connectivity index is 1.60. The molecule has 0 saturated carbocycles. The summed E-state index contributed by atoms with van der Waals surface area (Å²) in [5, 5.41) is 15.7. The van der Waals surface area contributed by atoms with Gasteiger partial charge >= 0.3 is 0 Å². The molecule has 2 N–H and O–H groups in total. The lowest BCUT2D eigenvalue weighted by Gasteiger charge is -2.27. The second kappa shape index (κ2) is 12.7. The average molecular weight is 452 g/mol. The van der Waals surface area contributed by atoms with Crippen LogP contribution in [0.4, 0.5) is 4.39 Å². The number of nitrogens with zero attached hydrogens (tertiary/aromatic N) is 3. The van der Waals surface area contributed by atoms with Crippen LogP contribution >= 0.6 is 0 Å². The molecule has 3 rings (SSSR count). The molecule has 33 heavy (non-hydrogen) atoms. The molecule has 2 heterocycles. The first-order chi connectivity index (χ1) is 16.1. The predicted molar refractivity (Wildman–Crippen MR) is 125 cm³/mol. The molecule has 1 aromatic heterocycles. The molecule has 1 aliphatic heterocycles. The van der Waals surface area contributed by atoms with Crippen molar-refractivity contribution in [3.8, 4) is 11.8 Å². The number of hydrogen-bond donors (Lipinski definition) is 2. The fourth-order valence-electron chi connectivity index (χ4n) is 3.67. The molecule has 8 heteroatoms. The minimum absolute atomic E-state index is 0.123. The number of rotatable bonds is 10. The smallest absolute Gasteiger partial charge is 0.262 e. The first kappa shape index (κ1) is 24.4. The lowest BCUT2D eigenvalue weighted by Crippen LogP contribution is -2.44. The quantitative estimate of drug-likeness (QED) is 0.328. The van der Waals surface area contributed by atoms with E-state index in [1.807, 2.05) is 37.3 Å². The molecule has 0 spiro atoms. The summed E-state index contributed by atoms with van der Waals surface area (Å²) in [6, 6.07) is 13.5. The first-order valence-electron chi connectivity index (χ1n) is 11.3. The summed E-state index contributed by atoms with van der Waals surface area (Å²) in [5.74, 6) is -0.399. The molecular weight excluding hydrogens is 421 g/mol. The molecule has 0 aliphatic carbocycles. The van der Waals surface area contributed by atoms with Crippen molar-refractivity contribution in [1.29, 1.82) is 5.26 Å². The number of carbonyl (C=O) groups excluding carboxylic acids is 1. The number of nitrogens with one attached hydrogen (secondary N) is 2. The zero-order valence-corrected chi connectivity index (χ0v) is 18.9. The van der Waals surface area contributed by atoms with Crippen molar-refractivity contribution in [3.05, 3.63) is 65.2 Å². The average Bonchev–Trinajstić information content (AvgIpc) is 2.83. The van der Waals surface area contributed by atoms with Crippen molar-refractivity contribution in [2.45, 2.75) is 25.8 Å². The monoisotopic (exact) mass is 451 g/mol.